The van der Waals surface area contributed by atoms with Crippen LogP contribution in [0.15, 0.2) is 41.3 Å². The van der Waals surface area contributed by atoms with Crippen LogP contribution in [0.3, 0.4) is 0 Å². The quantitative estimate of drug-likeness (QED) is 0.765. The zero-order chi connectivity index (χ0) is 18.6. The average molecular weight is 401 g/mol. The molecule has 0 saturated carbocycles. The number of benzene rings is 1. The number of rotatable bonds is 7. The van der Waals surface area contributed by atoms with Gasteiger partial charge < -0.3 is 5.32 Å². The van der Waals surface area contributed by atoms with Crippen LogP contribution in [0.5, 0.6) is 0 Å². The van der Waals surface area contributed by atoms with Crippen LogP contribution in [0.1, 0.15) is 42.0 Å². The predicted octanol–water partition coefficient (Wildman–Crippen LogP) is 3.92. The van der Waals surface area contributed by atoms with Crippen LogP contribution in [-0.2, 0) is 10.0 Å². The van der Waals surface area contributed by atoms with E-state index in [0.717, 1.165) is 5.56 Å². The lowest BCUT2D eigenvalue weighted by Gasteiger charge is -2.19. The molecule has 25 heavy (non-hydrogen) atoms. The average Bonchev–Trinajstić information content (AvgIpc) is 3.02. The van der Waals surface area contributed by atoms with Crippen LogP contribution in [-0.4, -0.2) is 31.7 Å². The summed E-state index contributed by atoms with van der Waals surface area (Å²) in [5, 5.41) is 2.88. The van der Waals surface area contributed by atoms with E-state index < -0.39 is 10.0 Å². The zero-order valence-electron chi connectivity index (χ0n) is 14.3. The summed E-state index contributed by atoms with van der Waals surface area (Å²) in [5.74, 6) is -0.204. The third kappa shape index (κ3) is 4.61. The Bertz CT molecular complexity index is 828. The van der Waals surface area contributed by atoms with Crippen molar-refractivity contribution in [2.24, 2.45) is 0 Å². The van der Waals surface area contributed by atoms with E-state index in [9.17, 15) is 13.2 Å². The molecule has 1 heterocycles. The van der Waals surface area contributed by atoms with Gasteiger partial charge in [-0.2, -0.15) is 4.31 Å². The van der Waals surface area contributed by atoms with Gasteiger partial charge in [0.05, 0.1) is 20.2 Å². The highest BCUT2D eigenvalue weighted by Crippen LogP contribution is 2.23. The second-order valence-electron chi connectivity index (χ2n) is 5.46. The molecule has 1 aromatic carbocycles. The Morgan fingerprint density at radius 1 is 1.16 bits per heavy atom. The maximum Gasteiger partial charge on any atom is 0.261 e. The zero-order valence-corrected chi connectivity index (χ0v) is 16.7. The smallest absolute Gasteiger partial charge is 0.261 e. The van der Waals surface area contributed by atoms with Crippen LogP contribution < -0.4 is 5.32 Å². The number of thiophene rings is 1. The summed E-state index contributed by atoms with van der Waals surface area (Å²) < 4.78 is 26.9. The summed E-state index contributed by atoms with van der Waals surface area (Å²) in [6.07, 6.45) is 0. The molecule has 1 aromatic heterocycles. The van der Waals surface area contributed by atoms with Crippen molar-refractivity contribution in [3.05, 3.63) is 51.2 Å². The van der Waals surface area contributed by atoms with E-state index in [1.165, 1.54) is 15.6 Å². The molecule has 0 aliphatic heterocycles. The van der Waals surface area contributed by atoms with Gasteiger partial charge in [-0.1, -0.05) is 37.6 Å². The normalized spacial score (nSPS) is 13.0. The highest BCUT2D eigenvalue weighted by molar-refractivity contribution is 7.89. The fourth-order valence-electron chi connectivity index (χ4n) is 2.43. The summed E-state index contributed by atoms with van der Waals surface area (Å²) in [5.41, 5.74) is 0.828. The topological polar surface area (TPSA) is 66.5 Å². The Hall–Kier alpha value is -1.41. The molecule has 136 valence electrons. The van der Waals surface area contributed by atoms with Crippen molar-refractivity contribution in [1.29, 1.82) is 0 Å². The molecule has 0 unspecified atom stereocenters. The molecule has 5 nitrogen and oxygen atoms in total. The van der Waals surface area contributed by atoms with E-state index in [2.05, 4.69) is 5.32 Å². The lowest BCUT2D eigenvalue weighted by Crippen LogP contribution is -2.30. The van der Waals surface area contributed by atoms with Gasteiger partial charge >= 0.3 is 0 Å². The second kappa shape index (κ2) is 8.31. The molecule has 0 spiro atoms. The van der Waals surface area contributed by atoms with Gasteiger partial charge in [0.2, 0.25) is 10.0 Å². The monoisotopic (exact) mass is 400 g/mol. The molecule has 0 bridgehead atoms. The first-order chi connectivity index (χ1) is 11.8. The molecular weight excluding hydrogens is 380 g/mol. The van der Waals surface area contributed by atoms with Crippen molar-refractivity contribution in [3.8, 4) is 0 Å². The van der Waals surface area contributed by atoms with Crippen molar-refractivity contribution in [2.45, 2.75) is 31.7 Å². The maximum absolute atomic E-state index is 12.5. The molecule has 0 aliphatic rings. The summed E-state index contributed by atoms with van der Waals surface area (Å²) in [7, 11) is -3.47. The minimum Gasteiger partial charge on any atom is -0.345 e. The van der Waals surface area contributed by atoms with Crippen LogP contribution in [0.25, 0.3) is 0 Å². The van der Waals surface area contributed by atoms with Crippen LogP contribution in [0.2, 0.25) is 4.34 Å². The Morgan fingerprint density at radius 2 is 1.76 bits per heavy atom. The van der Waals surface area contributed by atoms with E-state index >= 15 is 0 Å². The first-order valence-corrected chi connectivity index (χ1v) is 10.6. The fraction of sp³-hybridized carbons (Fsp3) is 0.353. The molecule has 2 aromatic rings. The summed E-state index contributed by atoms with van der Waals surface area (Å²) in [6.45, 7) is 6.32. The third-order valence-electron chi connectivity index (χ3n) is 3.87. The first-order valence-electron chi connectivity index (χ1n) is 7.95. The second-order valence-corrected chi connectivity index (χ2v) is 9.11. The van der Waals surface area contributed by atoms with Gasteiger partial charge in [-0.15, -0.1) is 11.3 Å². The molecule has 8 heteroatoms. The minimum atomic E-state index is -3.47. The molecule has 0 saturated heterocycles. The Labute approximate surface area is 157 Å². The first kappa shape index (κ1) is 19.9. The van der Waals surface area contributed by atoms with Crippen LogP contribution in [0, 0.1) is 0 Å². The van der Waals surface area contributed by atoms with E-state index in [-0.39, 0.29) is 16.8 Å². The van der Waals surface area contributed by atoms with Crippen molar-refractivity contribution >= 4 is 38.9 Å². The number of amides is 1. The molecule has 0 radical (unpaired) electrons. The molecule has 0 aliphatic carbocycles. The van der Waals surface area contributed by atoms with Gasteiger partial charge in [-0.25, -0.2) is 8.42 Å². The van der Waals surface area contributed by atoms with Crippen molar-refractivity contribution in [2.75, 3.05) is 13.1 Å². The van der Waals surface area contributed by atoms with Gasteiger partial charge in [-0.05, 0) is 36.8 Å². The van der Waals surface area contributed by atoms with Gasteiger partial charge in [0, 0.05) is 13.1 Å². The fourth-order valence-corrected chi connectivity index (χ4v) is 4.83. The highest BCUT2D eigenvalue weighted by atomic mass is 35.5. The molecule has 0 fully saturated rings. The van der Waals surface area contributed by atoms with Crippen molar-refractivity contribution in [3.63, 3.8) is 0 Å². The summed E-state index contributed by atoms with van der Waals surface area (Å²) in [4.78, 5) is 13.0. The number of nitrogens with zero attached hydrogens (tertiary/aromatic N) is 1. The van der Waals surface area contributed by atoms with Crippen LogP contribution in [0.4, 0.5) is 0 Å². The van der Waals surface area contributed by atoms with E-state index in [4.69, 9.17) is 11.6 Å². The highest BCUT2D eigenvalue weighted by Gasteiger charge is 2.21. The number of nitrogens with one attached hydrogen (secondary N) is 1. The molecular formula is C17H21ClN2O3S2. The third-order valence-corrected chi connectivity index (χ3v) is 7.16. The maximum atomic E-state index is 12.5. The van der Waals surface area contributed by atoms with E-state index in [0.29, 0.717) is 22.3 Å². The number of carbonyl (C=O) groups is 1. The van der Waals surface area contributed by atoms with Crippen LogP contribution >= 0.6 is 22.9 Å². The molecule has 1 atom stereocenters. The van der Waals surface area contributed by atoms with Gasteiger partial charge in [0.1, 0.15) is 0 Å². The van der Waals surface area contributed by atoms with Gasteiger partial charge in [0.15, 0.2) is 0 Å². The Kier molecular flexibility index (Phi) is 6.62. The Morgan fingerprint density at radius 3 is 2.24 bits per heavy atom. The lowest BCUT2D eigenvalue weighted by molar-refractivity contribution is 0.0944. The Balaban J connectivity index is 2.12. The van der Waals surface area contributed by atoms with E-state index in [1.54, 1.807) is 36.4 Å². The minimum absolute atomic E-state index is 0.204. The predicted molar refractivity (Wildman–Crippen MR) is 102 cm³/mol. The summed E-state index contributed by atoms with van der Waals surface area (Å²) in [6, 6.07) is 9.71. The standard InChI is InChI=1S/C17H21ClN2O3S2/c1-4-20(5-2)25(22,23)14-8-6-13(7-9-14)12(3)19-17(21)15-10-11-16(18)24-15/h6-12H,4-5H2,1-3H3,(H,19,21)/t12-/m1/s1. The number of hydrogen-bond acceptors (Lipinski definition) is 4. The van der Waals surface area contributed by atoms with Gasteiger partial charge in [-0.3, -0.25) is 4.79 Å². The summed E-state index contributed by atoms with van der Waals surface area (Å²) >= 11 is 7.06. The molecule has 1 N–H and O–H groups in total. The van der Waals surface area contributed by atoms with Crippen molar-refractivity contribution < 1.29 is 13.2 Å². The van der Waals surface area contributed by atoms with Crippen molar-refractivity contribution in [1.82, 2.24) is 9.62 Å². The number of sulfonamides is 1. The lowest BCUT2D eigenvalue weighted by atomic mass is 10.1. The number of halogens is 1. The SMILES string of the molecule is CCN(CC)S(=O)(=O)c1ccc([C@@H](C)NC(=O)c2ccc(Cl)s2)cc1. The number of hydrogen-bond donors (Lipinski definition) is 1. The largest absolute Gasteiger partial charge is 0.345 e. The number of carbonyl (C=O) groups excluding carboxylic acids is 1. The van der Waals surface area contributed by atoms with Gasteiger partial charge in [0.25, 0.3) is 5.91 Å². The molecule has 2 rings (SSSR count). The van der Waals surface area contributed by atoms with E-state index in [1.807, 2.05) is 20.8 Å². The molecule has 1 amide bonds.